The number of amides is 2. The number of ether oxygens (including phenoxy) is 2. The smallest absolute Gasteiger partial charge is 0.414 e. The van der Waals surface area contributed by atoms with E-state index in [9.17, 15) is 18.4 Å². The Morgan fingerprint density at radius 1 is 1.09 bits per heavy atom. The van der Waals surface area contributed by atoms with Crippen molar-refractivity contribution in [1.82, 2.24) is 19.9 Å². The molecule has 44 heavy (non-hydrogen) atoms. The average Bonchev–Trinajstić information content (AvgIpc) is 3.65. The first-order chi connectivity index (χ1) is 21.3. The number of cyclic esters (lactones) is 1. The number of nitrogens with zero attached hydrogens (tertiary/aromatic N) is 5. The summed E-state index contributed by atoms with van der Waals surface area (Å²) in [6, 6.07) is 17.2. The number of nitrogens with one attached hydrogen (secondary N) is 2. The lowest BCUT2D eigenvalue weighted by molar-refractivity contribution is 0.0951. The maximum atomic E-state index is 14.0. The number of carbonyl (C=O) groups excluding carboxylic acids is 2. The van der Waals surface area contributed by atoms with Crippen molar-refractivity contribution >= 4 is 47.4 Å². The number of rotatable bonds is 9. The standard InChI is InChI=1S/C31H25F2N7O4/c1-34-26-13-18(4-8-23(26)29(41)35-16-19-3-6-21(32)14-24(19)33)20-5-10-28-37-30(38-40(28)17-20)36-25-9-7-22(15-27(25)43-2)39-11-12-44-31(39)42/h3-10,13-15,17H,1,11-12,16H2,2H3,(H,35,41)(H,36,38). The molecule has 222 valence electrons. The van der Waals surface area contributed by atoms with E-state index in [0.717, 1.165) is 23.3 Å². The van der Waals surface area contributed by atoms with Crippen LogP contribution in [0.1, 0.15) is 15.9 Å². The summed E-state index contributed by atoms with van der Waals surface area (Å²) in [4.78, 5) is 34.8. The van der Waals surface area contributed by atoms with Gasteiger partial charge >= 0.3 is 6.09 Å². The first-order valence-corrected chi connectivity index (χ1v) is 13.4. The third-order valence-corrected chi connectivity index (χ3v) is 7.04. The summed E-state index contributed by atoms with van der Waals surface area (Å²) in [5.41, 5.74) is 4.11. The summed E-state index contributed by atoms with van der Waals surface area (Å²) in [5, 5.41) is 10.3. The average molecular weight is 598 g/mol. The number of pyridine rings is 1. The Morgan fingerprint density at radius 3 is 2.68 bits per heavy atom. The van der Waals surface area contributed by atoms with E-state index in [1.165, 1.54) is 18.1 Å². The summed E-state index contributed by atoms with van der Waals surface area (Å²) in [7, 11) is 1.53. The summed E-state index contributed by atoms with van der Waals surface area (Å²) < 4.78 is 39.3. The topological polar surface area (TPSA) is 122 Å². The van der Waals surface area contributed by atoms with E-state index < -0.39 is 23.6 Å². The Labute approximate surface area is 249 Å². The molecule has 3 heterocycles. The lowest BCUT2D eigenvalue weighted by Crippen LogP contribution is -2.23. The molecule has 1 aliphatic heterocycles. The van der Waals surface area contributed by atoms with Gasteiger partial charge in [0, 0.05) is 36.0 Å². The molecule has 0 bridgehead atoms. The molecule has 1 saturated heterocycles. The van der Waals surface area contributed by atoms with Gasteiger partial charge in [0.2, 0.25) is 5.95 Å². The van der Waals surface area contributed by atoms with Crippen LogP contribution in [0.5, 0.6) is 5.75 Å². The summed E-state index contributed by atoms with van der Waals surface area (Å²) in [6.07, 6.45) is 1.38. The van der Waals surface area contributed by atoms with Crippen molar-refractivity contribution in [2.45, 2.75) is 6.54 Å². The zero-order chi connectivity index (χ0) is 30.8. The summed E-state index contributed by atoms with van der Waals surface area (Å²) in [6.45, 7) is 4.26. The van der Waals surface area contributed by atoms with E-state index in [1.54, 1.807) is 53.2 Å². The molecule has 6 rings (SSSR count). The number of aliphatic imine (C=N–C) groups is 1. The highest BCUT2D eigenvalue weighted by Crippen LogP contribution is 2.33. The minimum atomic E-state index is -0.743. The number of aromatic nitrogens is 3. The Kier molecular flexibility index (Phi) is 7.58. The molecule has 11 nitrogen and oxygen atoms in total. The number of anilines is 3. The highest BCUT2D eigenvalue weighted by molar-refractivity contribution is 6.00. The van der Waals surface area contributed by atoms with Gasteiger partial charge in [-0.3, -0.25) is 14.7 Å². The van der Waals surface area contributed by atoms with Crippen LogP contribution in [-0.2, 0) is 11.3 Å². The van der Waals surface area contributed by atoms with Gasteiger partial charge in [-0.15, -0.1) is 5.10 Å². The van der Waals surface area contributed by atoms with Gasteiger partial charge in [-0.1, -0.05) is 12.1 Å². The third-order valence-electron chi connectivity index (χ3n) is 7.04. The van der Waals surface area contributed by atoms with Crippen molar-refractivity contribution in [2.75, 3.05) is 30.5 Å². The Bertz CT molecular complexity index is 1930. The zero-order valence-corrected chi connectivity index (χ0v) is 23.4. The van der Waals surface area contributed by atoms with Crippen LogP contribution in [0.3, 0.4) is 0 Å². The van der Waals surface area contributed by atoms with E-state index in [1.807, 2.05) is 6.07 Å². The van der Waals surface area contributed by atoms with E-state index in [4.69, 9.17) is 9.47 Å². The number of hydrogen-bond donors (Lipinski definition) is 2. The van der Waals surface area contributed by atoms with Crippen molar-refractivity contribution in [1.29, 1.82) is 0 Å². The molecule has 0 atom stereocenters. The van der Waals surface area contributed by atoms with E-state index in [0.29, 0.717) is 47.6 Å². The number of carbonyl (C=O) groups is 2. The maximum Gasteiger partial charge on any atom is 0.414 e. The number of hydrogen-bond acceptors (Lipinski definition) is 8. The first-order valence-electron chi connectivity index (χ1n) is 13.4. The number of methoxy groups -OCH3 is 1. The molecule has 1 fully saturated rings. The molecule has 0 aliphatic carbocycles. The summed E-state index contributed by atoms with van der Waals surface area (Å²) >= 11 is 0. The molecule has 1 aliphatic rings. The van der Waals surface area contributed by atoms with Gasteiger partial charge in [-0.2, -0.15) is 4.98 Å². The molecular formula is C31H25F2N7O4. The van der Waals surface area contributed by atoms with E-state index in [-0.39, 0.29) is 17.7 Å². The molecule has 2 amide bonds. The minimum absolute atomic E-state index is 0.119. The molecule has 13 heteroatoms. The monoisotopic (exact) mass is 597 g/mol. The fourth-order valence-corrected chi connectivity index (χ4v) is 4.78. The molecule has 0 spiro atoms. The van der Waals surface area contributed by atoms with Crippen LogP contribution in [0.15, 0.2) is 77.9 Å². The predicted molar refractivity (Wildman–Crippen MR) is 160 cm³/mol. The Hall–Kier alpha value is -5.85. The van der Waals surface area contributed by atoms with Crippen LogP contribution in [0.25, 0.3) is 16.8 Å². The second kappa shape index (κ2) is 11.8. The second-order valence-electron chi connectivity index (χ2n) is 9.74. The molecule has 0 unspecified atom stereocenters. The van der Waals surface area contributed by atoms with Crippen LogP contribution >= 0.6 is 0 Å². The number of benzene rings is 3. The highest BCUT2D eigenvalue weighted by atomic mass is 19.1. The van der Waals surface area contributed by atoms with Gasteiger partial charge in [-0.25, -0.2) is 18.1 Å². The Morgan fingerprint density at radius 2 is 1.93 bits per heavy atom. The van der Waals surface area contributed by atoms with Gasteiger partial charge < -0.3 is 20.1 Å². The number of halogens is 2. The third kappa shape index (κ3) is 5.62. The molecule has 2 aromatic heterocycles. The van der Waals surface area contributed by atoms with Crippen molar-refractivity contribution in [3.05, 3.63) is 95.7 Å². The van der Waals surface area contributed by atoms with Crippen molar-refractivity contribution < 1.29 is 27.8 Å². The molecular weight excluding hydrogens is 572 g/mol. The fraction of sp³-hybridized carbons (Fsp3) is 0.129. The first kappa shape index (κ1) is 28.3. The van der Waals surface area contributed by atoms with Gasteiger partial charge in [0.15, 0.2) is 5.65 Å². The molecule has 3 aromatic carbocycles. The maximum absolute atomic E-state index is 14.0. The van der Waals surface area contributed by atoms with E-state index in [2.05, 4.69) is 32.4 Å². The lowest BCUT2D eigenvalue weighted by atomic mass is 10.0. The quantitative estimate of drug-likeness (QED) is 0.211. The normalized spacial score (nSPS) is 12.7. The fourth-order valence-electron chi connectivity index (χ4n) is 4.78. The van der Waals surface area contributed by atoms with Crippen molar-refractivity contribution in [3.63, 3.8) is 0 Å². The second-order valence-corrected chi connectivity index (χ2v) is 9.74. The lowest BCUT2D eigenvalue weighted by Gasteiger charge is -2.16. The highest BCUT2D eigenvalue weighted by Gasteiger charge is 2.24. The molecule has 5 aromatic rings. The van der Waals surface area contributed by atoms with Crippen LogP contribution in [0.4, 0.5) is 36.6 Å². The minimum Gasteiger partial charge on any atom is -0.494 e. The van der Waals surface area contributed by atoms with Gasteiger partial charge in [0.25, 0.3) is 5.91 Å². The van der Waals surface area contributed by atoms with Gasteiger partial charge in [0.1, 0.15) is 24.0 Å². The molecule has 2 N–H and O–H groups in total. The van der Waals surface area contributed by atoms with Crippen molar-refractivity contribution in [3.8, 4) is 16.9 Å². The predicted octanol–water partition coefficient (Wildman–Crippen LogP) is 5.65. The van der Waals surface area contributed by atoms with Crippen molar-refractivity contribution in [2.24, 2.45) is 4.99 Å². The van der Waals surface area contributed by atoms with Crippen LogP contribution < -0.4 is 20.3 Å². The molecule has 0 radical (unpaired) electrons. The zero-order valence-electron chi connectivity index (χ0n) is 23.4. The van der Waals surface area contributed by atoms with Gasteiger partial charge in [0.05, 0.1) is 36.3 Å². The summed E-state index contributed by atoms with van der Waals surface area (Å²) in [5.74, 6) is -1.09. The molecule has 0 saturated carbocycles. The van der Waals surface area contributed by atoms with E-state index >= 15 is 0 Å². The SMILES string of the molecule is C=Nc1cc(-c2ccc3nc(Nc4ccc(N5CCOC5=O)cc4OC)nn3c2)ccc1C(=O)NCc1ccc(F)cc1F. The Balaban J connectivity index is 1.19. The van der Waals surface area contributed by atoms with Crippen LogP contribution in [0.2, 0.25) is 0 Å². The van der Waals surface area contributed by atoms with Gasteiger partial charge in [-0.05, 0) is 54.7 Å². The largest absolute Gasteiger partial charge is 0.494 e. The van der Waals surface area contributed by atoms with Crippen LogP contribution in [0, 0.1) is 11.6 Å². The van der Waals surface area contributed by atoms with Crippen LogP contribution in [-0.4, -0.2) is 53.6 Å². The number of fused-ring (bicyclic) bond motifs is 1.